The largest absolute Gasteiger partial charge is 0.497 e. The van der Waals surface area contributed by atoms with E-state index in [2.05, 4.69) is 5.32 Å². The second-order valence-electron chi connectivity index (χ2n) is 8.06. The van der Waals surface area contributed by atoms with Gasteiger partial charge in [0.15, 0.2) is 5.16 Å². The molecule has 178 valence electrons. The summed E-state index contributed by atoms with van der Waals surface area (Å²) in [5.41, 5.74) is 3.42. The van der Waals surface area contributed by atoms with Crippen LogP contribution in [0.5, 0.6) is 5.75 Å². The number of carbonyl (C=O) groups is 1. The second kappa shape index (κ2) is 10.5. The number of nitrogens with one attached hydrogen (secondary N) is 1. The highest BCUT2D eigenvalue weighted by atomic mass is 32.2. The van der Waals surface area contributed by atoms with E-state index in [0.717, 1.165) is 11.3 Å². The lowest BCUT2D eigenvalue weighted by atomic mass is 10.1. The molecule has 0 bridgehead atoms. The van der Waals surface area contributed by atoms with Crippen molar-refractivity contribution in [1.82, 2.24) is 9.55 Å². The smallest absolute Gasteiger partial charge is 0.266 e. The highest BCUT2D eigenvalue weighted by molar-refractivity contribution is 7.98. The van der Waals surface area contributed by atoms with Crippen LogP contribution in [0.3, 0.4) is 0 Å². The molecule has 1 heterocycles. The summed E-state index contributed by atoms with van der Waals surface area (Å²) in [4.78, 5) is 31.0. The number of aromatic nitrogens is 2. The van der Waals surface area contributed by atoms with Crippen LogP contribution in [0.2, 0.25) is 0 Å². The Labute approximate surface area is 212 Å². The topological polar surface area (TPSA) is 73.2 Å². The minimum absolute atomic E-state index is 0.146. The van der Waals surface area contributed by atoms with Gasteiger partial charge in [-0.05, 0) is 54.1 Å². The zero-order chi connectivity index (χ0) is 24.9. The number of anilines is 1. The summed E-state index contributed by atoms with van der Waals surface area (Å²) < 4.78 is 6.98. The van der Waals surface area contributed by atoms with Gasteiger partial charge in [-0.25, -0.2) is 4.98 Å². The van der Waals surface area contributed by atoms with Crippen LogP contribution in [-0.2, 0) is 5.75 Å². The lowest BCUT2D eigenvalue weighted by molar-refractivity contribution is 0.102. The van der Waals surface area contributed by atoms with Crippen molar-refractivity contribution in [2.75, 3.05) is 12.4 Å². The monoisotopic (exact) mass is 493 g/mol. The lowest BCUT2D eigenvalue weighted by Gasteiger charge is -2.14. The summed E-state index contributed by atoms with van der Waals surface area (Å²) >= 11 is 1.44. The molecule has 0 unspecified atom stereocenters. The van der Waals surface area contributed by atoms with Gasteiger partial charge in [0.2, 0.25) is 0 Å². The summed E-state index contributed by atoms with van der Waals surface area (Å²) in [5.74, 6) is 1.01. The van der Waals surface area contributed by atoms with Gasteiger partial charge >= 0.3 is 0 Å². The third-order valence-electron chi connectivity index (χ3n) is 5.65. The van der Waals surface area contributed by atoms with Gasteiger partial charge in [-0.3, -0.25) is 14.2 Å². The molecular weight excluding hydrogens is 470 g/mol. The number of ether oxygens (including phenoxy) is 1. The van der Waals surface area contributed by atoms with Crippen LogP contribution >= 0.6 is 11.8 Å². The number of fused-ring (bicyclic) bond motifs is 1. The highest BCUT2D eigenvalue weighted by Gasteiger charge is 2.15. The molecule has 1 N–H and O–H groups in total. The van der Waals surface area contributed by atoms with E-state index in [-0.39, 0.29) is 11.5 Å². The summed E-state index contributed by atoms with van der Waals surface area (Å²) in [6.45, 7) is 0. The van der Waals surface area contributed by atoms with Gasteiger partial charge in [0.05, 0.1) is 23.7 Å². The van der Waals surface area contributed by atoms with Crippen molar-refractivity contribution >= 4 is 34.3 Å². The van der Waals surface area contributed by atoms with Crippen LogP contribution in [0, 0.1) is 0 Å². The molecule has 1 aromatic heterocycles. The van der Waals surface area contributed by atoms with Crippen LogP contribution in [0.4, 0.5) is 5.69 Å². The first-order chi connectivity index (χ1) is 17.6. The van der Waals surface area contributed by atoms with E-state index in [1.807, 2.05) is 91.0 Å². The lowest BCUT2D eigenvalue weighted by Crippen LogP contribution is -2.21. The highest BCUT2D eigenvalue weighted by Crippen LogP contribution is 2.26. The minimum Gasteiger partial charge on any atom is -0.497 e. The van der Waals surface area contributed by atoms with Gasteiger partial charge in [0, 0.05) is 23.1 Å². The number of amides is 1. The maximum Gasteiger partial charge on any atom is 0.266 e. The normalized spacial score (nSPS) is 10.8. The van der Waals surface area contributed by atoms with Crippen molar-refractivity contribution in [2.45, 2.75) is 10.9 Å². The summed E-state index contributed by atoms with van der Waals surface area (Å²) in [6, 6.07) is 31.5. The number of nitrogens with zero attached hydrogens (tertiary/aromatic N) is 2. The standard InChI is InChI=1S/C29H23N3O3S/c1-35-24-14-8-13-23(18-24)32-28(34)25-15-5-6-16-26(25)31-29(32)36-19-20-9-7-10-21(17-20)27(33)30-22-11-3-2-4-12-22/h2-18H,19H2,1H3,(H,30,33). The van der Waals surface area contributed by atoms with E-state index in [9.17, 15) is 9.59 Å². The first kappa shape index (κ1) is 23.4. The molecule has 0 fully saturated rings. The molecule has 36 heavy (non-hydrogen) atoms. The zero-order valence-corrected chi connectivity index (χ0v) is 20.4. The number of methoxy groups -OCH3 is 1. The molecule has 0 aliphatic rings. The number of para-hydroxylation sites is 2. The average molecular weight is 494 g/mol. The van der Waals surface area contributed by atoms with E-state index in [0.29, 0.717) is 38.8 Å². The Hall–Kier alpha value is -4.36. The summed E-state index contributed by atoms with van der Waals surface area (Å²) in [6.07, 6.45) is 0. The number of benzene rings is 4. The Morgan fingerprint density at radius 2 is 1.69 bits per heavy atom. The van der Waals surface area contributed by atoms with Crippen LogP contribution in [-0.4, -0.2) is 22.6 Å². The minimum atomic E-state index is -0.176. The van der Waals surface area contributed by atoms with Crippen LogP contribution in [0.25, 0.3) is 16.6 Å². The molecule has 4 aromatic carbocycles. The molecule has 0 spiro atoms. The zero-order valence-electron chi connectivity index (χ0n) is 19.5. The van der Waals surface area contributed by atoms with Crippen molar-refractivity contribution in [1.29, 1.82) is 0 Å². The molecule has 0 saturated heterocycles. The number of hydrogen-bond acceptors (Lipinski definition) is 5. The summed E-state index contributed by atoms with van der Waals surface area (Å²) in [5, 5.41) is 4.02. The fourth-order valence-electron chi connectivity index (χ4n) is 3.86. The molecule has 0 radical (unpaired) electrons. The third-order valence-corrected chi connectivity index (χ3v) is 6.65. The van der Waals surface area contributed by atoms with Gasteiger partial charge in [0.25, 0.3) is 11.5 Å². The van der Waals surface area contributed by atoms with Gasteiger partial charge < -0.3 is 10.1 Å². The van der Waals surface area contributed by atoms with Gasteiger partial charge in [-0.2, -0.15) is 0 Å². The number of rotatable bonds is 7. The van der Waals surface area contributed by atoms with Crippen molar-refractivity contribution in [3.63, 3.8) is 0 Å². The van der Waals surface area contributed by atoms with Crippen molar-refractivity contribution in [3.8, 4) is 11.4 Å². The molecule has 0 atom stereocenters. The average Bonchev–Trinajstić information content (AvgIpc) is 2.93. The Morgan fingerprint density at radius 1 is 0.917 bits per heavy atom. The molecule has 7 heteroatoms. The number of carbonyl (C=O) groups excluding carboxylic acids is 1. The Morgan fingerprint density at radius 3 is 2.53 bits per heavy atom. The van der Waals surface area contributed by atoms with Gasteiger partial charge in [-0.15, -0.1) is 0 Å². The van der Waals surface area contributed by atoms with Gasteiger partial charge in [0.1, 0.15) is 5.75 Å². The van der Waals surface area contributed by atoms with Crippen LogP contribution < -0.4 is 15.6 Å². The van der Waals surface area contributed by atoms with Gasteiger partial charge in [-0.1, -0.05) is 60.3 Å². The Kier molecular flexibility index (Phi) is 6.82. The SMILES string of the molecule is COc1cccc(-n2c(SCc3cccc(C(=O)Nc4ccccc4)c3)nc3ccccc3c2=O)c1. The molecule has 5 rings (SSSR count). The van der Waals surface area contributed by atoms with E-state index in [1.165, 1.54) is 11.8 Å². The molecule has 6 nitrogen and oxygen atoms in total. The Balaban J connectivity index is 1.46. The predicted molar refractivity (Wildman–Crippen MR) is 144 cm³/mol. The number of hydrogen-bond donors (Lipinski definition) is 1. The van der Waals surface area contributed by atoms with Crippen molar-refractivity contribution in [2.24, 2.45) is 0 Å². The van der Waals surface area contributed by atoms with Crippen LogP contribution in [0.15, 0.2) is 113 Å². The second-order valence-corrected chi connectivity index (χ2v) is 9.01. The molecule has 0 saturated carbocycles. The fourth-order valence-corrected chi connectivity index (χ4v) is 4.82. The van der Waals surface area contributed by atoms with E-state index in [1.54, 1.807) is 23.8 Å². The first-order valence-corrected chi connectivity index (χ1v) is 12.4. The molecule has 0 aliphatic carbocycles. The quantitative estimate of drug-likeness (QED) is 0.224. The fraction of sp³-hybridized carbons (Fsp3) is 0.0690. The maximum atomic E-state index is 13.5. The third kappa shape index (κ3) is 5.01. The Bertz CT molecular complexity index is 1600. The van der Waals surface area contributed by atoms with Crippen molar-refractivity contribution in [3.05, 3.63) is 125 Å². The molecule has 1 amide bonds. The first-order valence-electron chi connectivity index (χ1n) is 11.4. The van der Waals surface area contributed by atoms with E-state index >= 15 is 0 Å². The summed E-state index contributed by atoms with van der Waals surface area (Å²) in [7, 11) is 1.59. The number of thioether (sulfide) groups is 1. The van der Waals surface area contributed by atoms with Crippen LogP contribution in [0.1, 0.15) is 15.9 Å². The molecule has 5 aromatic rings. The maximum absolute atomic E-state index is 13.5. The molecule has 0 aliphatic heterocycles. The van der Waals surface area contributed by atoms with E-state index < -0.39 is 0 Å². The molecular formula is C29H23N3O3S. The predicted octanol–water partition coefficient (Wildman–Crippen LogP) is 5.94. The van der Waals surface area contributed by atoms with E-state index in [4.69, 9.17) is 9.72 Å². The van der Waals surface area contributed by atoms with Crippen molar-refractivity contribution < 1.29 is 9.53 Å².